The van der Waals surface area contributed by atoms with Crippen molar-refractivity contribution in [3.8, 4) is 22.8 Å². The highest BCUT2D eigenvalue weighted by Gasteiger charge is 2.17. The van der Waals surface area contributed by atoms with Gasteiger partial charge in [0.2, 0.25) is 5.95 Å². The molecule has 34 heavy (non-hydrogen) atoms. The molecule has 0 amide bonds. The van der Waals surface area contributed by atoms with Crippen LogP contribution in [0.3, 0.4) is 0 Å². The summed E-state index contributed by atoms with van der Waals surface area (Å²) in [4.78, 5) is 23.5. The highest BCUT2D eigenvalue weighted by molar-refractivity contribution is 5.91. The van der Waals surface area contributed by atoms with E-state index in [1.54, 1.807) is 20.4 Å². The maximum atomic E-state index is 11.9. The van der Waals surface area contributed by atoms with Gasteiger partial charge in [-0.05, 0) is 61.2 Å². The monoisotopic (exact) mass is 458 g/mol. The molecule has 0 bridgehead atoms. The maximum Gasteiger partial charge on any atom is 0.227 e. The van der Waals surface area contributed by atoms with Crippen LogP contribution in [0.2, 0.25) is 0 Å². The lowest BCUT2D eigenvalue weighted by molar-refractivity contribution is -0.114. The van der Waals surface area contributed by atoms with Gasteiger partial charge in [-0.15, -0.1) is 0 Å². The van der Waals surface area contributed by atoms with Gasteiger partial charge in [0.1, 0.15) is 11.4 Å². The van der Waals surface area contributed by atoms with Gasteiger partial charge in [0.25, 0.3) is 0 Å². The molecule has 0 spiro atoms. The lowest BCUT2D eigenvalue weighted by atomic mass is 10.0. The molecule has 1 N–H and O–H groups in total. The first-order chi connectivity index (χ1) is 16.6. The topological polar surface area (TPSA) is 76.6 Å². The minimum Gasteiger partial charge on any atom is -0.496 e. The summed E-state index contributed by atoms with van der Waals surface area (Å²) in [6, 6.07) is 13.9. The molecule has 7 heteroatoms. The number of rotatable bonds is 9. The molecule has 7 nitrogen and oxygen atoms in total. The molecule has 0 saturated carbocycles. The van der Waals surface area contributed by atoms with Crippen molar-refractivity contribution in [1.82, 2.24) is 9.97 Å². The quantitative estimate of drug-likeness (QED) is 0.442. The Hall–Kier alpha value is -3.87. The van der Waals surface area contributed by atoms with Crippen LogP contribution in [0.5, 0.6) is 11.5 Å². The van der Waals surface area contributed by atoms with E-state index < -0.39 is 0 Å². The van der Waals surface area contributed by atoms with E-state index in [1.807, 2.05) is 30.3 Å². The normalized spacial score (nSPS) is 13.3. The first kappa shape index (κ1) is 23.3. The standard InChI is InChI=1S/C27H30N4O3/c1-4-22(32)15-19-11-12-24(33-2)23(16-19)26-25(34-3)18-28-27(30-26)29-20-9-8-10-21(17-20)31-13-6-5-7-14-31/h4,8-12,16-18H,1,5-7,13-15H2,2-3H3,(H,28,29,30). The van der Waals surface area contributed by atoms with Gasteiger partial charge in [0, 0.05) is 36.4 Å². The van der Waals surface area contributed by atoms with Crippen LogP contribution in [0.1, 0.15) is 24.8 Å². The lowest BCUT2D eigenvalue weighted by Gasteiger charge is -2.29. The van der Waals surface area contributed by atoms with E-state index in [-0.39, 0.29) is 12.2 Å². The van der Waals surface area contributed by atoms with Crippen LogP contribution in [0.25, 0.3) is 11.3 Å². The molecular formula is C27H30N4O3. The molecule has 1 aromatic heterocycles. The molecule has 4 rings (SSSR count). The number of ketones is 1. The molecule has 3 aromatic rings. The van der Waals surface area contributed by atoms with Crippen LogP contribution in [0, 0.1) is 0 Å². The van der Waals surface area contributed by atoms with Crippen molar-refractivity contribution in [2.24, 2.45) is 0 Å². The zero-order chi connectivity index (χ0) is 23.9. The minimum absolute atomic E-state index is 0.0540. The largest absolute Gasteiger partial charge is 0.496 e. The van der Waals surface area contributed by atoms with E-state index in [1.165, 1.54) is 31.0 Å². The maximum absolute atomic E-state index is 11.9. The fourth-order valence-corrected chi connectivity index (χ4v) is 4.16. The van der Waals surface area contributed by atoms with Crippen LogP contribution < -0.4 is 19.7 Å². The highest BCUT2D eigenvalue weighted by Crippen LogP contribution is 2.36. The number of ether oxygens (including phenoxy) is 2. The van der Waals surface area contributed by atoms with Crippen molar-refractivity contribution in [2.75, 3.05) is 37.5 Å². The SMILES string of the molecule is C=CC(=O)Cc1ccc(OC)c(-c2nc(Nc3cccc(N4CCCCC4)c3)ncc2OC)c1. The van der Waals surface area contributed by atoms with Crippen molar-refractivity contribution >= 4 is 23.1 Å². The van der Waals surface area contributed by atoms with E-state index in [2.05, 4.69) is 33.9 Å². The van der Waals surface area contributed by atoms with E-state index >= 15 is 0 Å². The third kappa shape index (κ3) is 5.36. The molecule has 1 saturated heterocycles. The third-order valence-corrected chi connectivity index (χ3v) is 5.92. The average Bonchev–Trinajstić information content (AvgIpc) is 2.89. The van der Waals surface area contributed by atoms with Gasteiger partial charge in [-0.3, -0.25) is 4.79 Å². The van der Waals surface area contributed by atoms with Gasteiger partial charge in [-0.2, -0.15) is 0 Å². The first-order valence-electron chi connectivity index (χ1n) is 11.5. The number of hydrogen-bond donors (Lipinski definition) is 1. The number of methoxy groups -OCH3 is 2. The number of carbonyl (C=O) groups excluding carboxylic acids is 1. The Bertz CT molecular complexity index is 1170. The molecule has 176 valence electrons. The zero-order valence-corrected chi connectivity index (χ0v) is 19.7. The molecule has 0 unspecified atom stereocenters. The van der Waals surface area contributed by atoms with Gasteiger partial charge < -0.3 is 19.7 Å². The summed E-state index contributed by atoms with van der Waals surface area (Å²) in [5.74, 6) is 1.53. The molecule has 0 atom stereocenters. The number of nitrogens with zero attached hydrogens (tertiary/aromatic N) is 3. The summed E-state index contributed by atoms with van der Waals surface area (Å²) in [6.07, 6.45) is 6.96. The Morgan fingerprint density at radius 1 is 1.09 bits per heavy atom. The molecule has 2 heterocycles. The van der Waals surface area contributed by atoms with Gasteiger partial charge >= 0.3 is 0 Å². The number of aromatic nitrogens is 2. The van der Waals surface area contributed by atoms with E-state index in [4.69, 9.17) is 14.5 Å². The summed E-state index contributed by atoms with van der Waals surface area (Å²) < 4.78 is 11.1. The first-order valence-corrected chi connectivity index (χ1v) is 11.5. The summed E-state index contributed by atoms with van der Waals surface area (Å²) in [6.45, 7) is 5.72. The molecule has 0 aliphatic carbocycles. The number of piperidine rings is 1. The number of benzene rings is 2. The molecule has 0 radical (unpaired) electrons. The average molecular weight is 459 g/mol. The van der Waals surface area contributed by atoms with Crippen molar-refractivity contribution in [3.63, 3.8) is 0 Å². The summed E-state index contributed by atoms with van der Waals surface area (Å²) in [7, 11) is 3.18. The summed E-state index contributed by atoms with van der Waals surface area (Å²) in [5, 5.41) is 3.33. The lowest BCUT2D eigenvalue weighted by Crippen LogP contribution is -2.29. The zero-order valence-electron chi connectivity index (χ0n) is 19.7. The van der Waals surface area contributed by atoms with E-state index in [0.717, 1.165) is 29.9 Å². The molecule has 1 aliphatic rings. The predicted molar refractivity (Wildman–Crippen MR) is 135 cm³/mol. The fraction of sp³-hybridized carbons (Fsp3) is 0.296. The molecular weight excluding hydrogens is 428 g/mol. The Balaban J connectivity index is 1.66. The van der Waals surface area contributed by atoms with Crippen molar-refractivity contribution in [1.29, 1.82) is 0 Å². The van der Waals surface area contributed by atoms with Crippen molar-refractivity contribution in [2.45, 2.75) is 25.7 Å². The van der Waals surface area contributed by atoms with Crippen LogP contribution >= 0.6 is 0 Å². The smallest absolute Gasteiger partial charge is 0.227 e. The number of anilines is 3. The van der Waals surface area contributed by atoms with Crippen molar-refractivity contribution in [3.05, 3.63) is 66.9 Å². The predicted octanol–water partition coefficient (Wildman–Crippen LogP) is 5.19. The Kier molecular flexibility index (Phi) is 7.42. The molecule has 1 aliphatic heterocycles. The second-order valence-electron chi connectivity index (χ2n) is 8.22. The summed E-state index contributed by atoms with van der Waals surface area (Å²) >= 11 is 0. The van der Waals surface area contributed by atoms with Gasteiger partial charge in [-0.1, -0.05) is 18.7 Å². The second kappa shape index (κ2) is 10.8. The fourth-order valence-electron chi connectivity index (χ4n) is 4.16. The van der Waals surface area contributed by atoms with Crippen LogP contribution in [0.15, 0.2) is 61.3 Å². The number of nitrogens with one attached hydrogen (secondary N) is 1. The minimum atomic E-state index is -0.0540. The molecule has 2 aromatic carbocycles. The van der Waals surface area contributed by atoms with E-state index in [9.17, 15) is 4.79 Å². The highest BCUT2D eigenvalue weighted by atomic mass is 16.5. The van der Waals surface area contributed by atoms with Crippen LogP contribution in [-0.4, -0.2) is 43.1 Å². The van der Waals surface area contributed by atoms with Crippen LogP contribution in [0.4, 0.5) is 17.3 Å². The van der Waals surface area contributed by atoms with Gasteiger partial charge in [0.05, 0.1) is 20.4 Å². The summed E-state index contributed by atoms with van der Waals surface area (Å²) in [5.41, 5.74) is 4.25. The van der Waals surface area contributed by atoms with Gasteiger partial charge in [-0.25, -0.2) is 9.97 Å². The Labute approximate surface area is 200 Å². The molecule has 1 fully saturated rings. The second-order valence-corrected chi connectivity index (χ2v) is 8.22. The Morgan fingerprint density at radius 3 is 2.62 bits per heavy atom. The number of carbonyl (C=O) groups is 1. The van der Waals surface area contributed by atoms with E-state index in [0.29, 0.717) is 23.1 Å². The number of hydrogen-bond acceptors (Lipinski definition) is 7. The van der Waals surface area contributed by atoms with Crippen molar-refractivity contribution < 1.29 is 14.3 Å². The van der Waals surface area contributed by atoms with Gasteiger partial charge in [0.15, 0.2) is 11.5 Å². The number of allylic oxidation sites excluding steroid dienone is 1. The third-order valence-electron chi connectivity index (χ3n) is 5.92. The Morgan fingerprint density at radius 2 is 1.88 bits per heavy atom. The van der Waals surface area contributed by atoms with Crippen LogP contribution in [-0.2, 0) is 11.2 Å².